The lowest BCUT2D eigenvalue weighted by molar-refractivity contribution is 0.0414. The van der Waals surface area contributed by atoms with Gasteiger partial charge in [0.15, 0.2) is 0 Å². The van der Waals surface area contributed by atoms with Crippen LogP contribution in [-0.2, 0) is 4.74 Å². The molecule has 1 heterocycles. The van der Waals surface area contributed by atoms with Gasteiger partial charge in [-0.3, -0.25) is 9.69 Å². The normalized spacial score (nSPS) is 17.0. The van der Waals surface area contributed by atoms with Crippen LogP contribution in [0.5, 0.6) is 0 Å². The summed E-state index contributed by atoms with van der Waals surface area (Å²) in [7, 11) is 0. The molecule has 4 heteroatoms. The van der Waals surface area contributed by atoms with Gasteiger partial charge < -0.3 is 10.1 Å². The number of hydrogen-bond donors (Lipinski definition) is 1. The third-order valence-electron chi connectivity index (χ3n) is 2.59. The highest BCUT2D eigenvalue weighted by Gasteiger charge is 2.09. The van der Waals surface area contributed by atoms with Gasteiger partial charge in [0.1, 0.15) is 0 Å². The molecule has 0 amide bonds. The van der Waals surface area contributed by atoms with E-state index in [1.807, 2.05) is 18.2 Å². The van der Waals surface area contributed by atoms with Gasteiger partial charge in [0.25, 0.3) is 0 Å². The number of nitrogens with one attached hydrogen (secondary N) is 1. The van der Waals surface area contributed by atoms with Crippen LogP contribution in [0, 0.1) is 0 Å². The fourth-order valence-corrected chi connectivity index (χ4v) is 1.63. The second kappa shape index (κ2) is 5.63. The van der Waals surface area contributed by atoms with E-state index in [1.165, 1.54) is 0 Å². The van der Waals surface area contributed by atoms with Crippen molar-refractivity contribution in [2.75, 3.05) is 38.3 Å². The first-order chi connectivity index (χ1) is 7.86. The van der Waals surface area contributed by atoms with Crippen molar-refractivity contribution in [2.45, 2.75) is 0 Å². The summed E-state index contributed by atoms with van der Waals surface area (Å²) in [5.41, 5.74) is 0.676. The van der Waals surface area contributed by atoms with Crippen LogP contribution in [0.3, 0.4) is 0 Å². The predicted octanol–water partition coefficient (Wildman–Crippen LogP) is 0.748. The van der Waals surface area contributed by atoms with Crippen LogP contribution < -0.4 is 10.7 Å². The molecule has 0 bridgehead atoms. The second-order valence-electron chi connectivity index (χ2n) is 3.75. The Morgan fingerprint density at radius 1 is 1.19 bits per heavy atom. The van der Waals surface area contributed by atoms with Crippen LogP contribution in [0.15, 0.2) is 35.1 Å². The summed E-state index contributed by atoms with van der Waals surface area (Å²) in [5.74, 6) is 0. The molecule has 1 saturated heterocycles. The van der Waals surface area contributed by atoms with E-state index in [4.69, 9.17) is 4.74 Å². The number of nitrogens with zero attached hydrogens (tertiary/aromatic N) is 1. The van der Waals surface area contributed by atoms with E-state index in [1.54, 1.807) is 12.1 Å². The van der Waals surface area contributed by atoms with Crippen LogP contribution in [-0.4, -0.2) is 37.9 Å². The van der Waals surface area contributed by atoms with Crippen molar-refractivity contribution in [1.29, 1.82) is 0 Å². The van der Waals surface area contributed by atoms with Gasteiger partial charge in [-0.1, -0.05) is 18.2 Å². The van der Waals surface area contributed by atoms with E-state index >= 15 is 0 Å². The molecule has 1 N–H and O–H groups in total. The average Bonchev–Trinajstić information content (AvgIpc) is 2.53. The van der Waals surface area contributed by atoms with E-state index in [2.05, 4.69) is 10.2 Å². The monoisotopic (exact) mass is 220 g/mol. The maximum absolute atomic E-state index is 11.6. The zero-order valence-corrected chi connectivity index (χ0v) is 9.19. The SMILES string of the molecule is O=c1cccccc1NCN1CCOCC1. The molecule has 1 aliphatic heterocycles. The van der Waals surface area contributed by atoms with Gasteiger partial charge in [0.2, 0.25) is 5.43 Å². The Balaban J connectivity index is 1.94. The molecule has 0 aliphatic carbocycles. The minimum atomic E-state index is 0.0262. The topological polar surface area (TPSA) is 41.6 Å². The quantitative estimate of drug-likeness (QED) is 0.816. The smallest absolute Gasteiger partial charge is 0.201 e. The van der Waals surface area contributed by atoms with Crippen molar-refractivity contribution in [3.05, 3.63) is 40.6 Å². The van der Waals surface area contributed by atoms with Crippen molar-refractivity contribution in [3.63, 3.8) is 0 Å². The van der Waals surface area contributed by atoms with E-state index in [-0.39, 0.29) is 5.43 Å². The average molecular weight is 220 g/mol. The van der Waals surface area contributed by atoms with Crippen LogP contribution in [0.1, 0.15) is 0 Å². The zero-order valence-electron chi connectivity index (χ0n) is 9.19. The summed E-state index contributed by atoms with van der Waals surface area (Å²) in [6.45, 7) is 4.08. The first kappa shape index (κ1) is 11.1. The van der Waals surface area contributed by atoms with Crippen LogP contribution in [0.2, 0.25) is 0 Å². The molecule has 16 heavy (non-hydrogen) atoms. The van der Waals surface area contributed by atoms with E-state index < -0.39 is 0 Å². The molecule has 2 rings (SSSR count). The fraction of sp³-hybridized carbons (Fsp3) is 0.417. The zero-order chi connectivity index (χ0) is 11.2. The third kappa shape index (κ3) is 3.05. The first-order valence-corrected chi connectivity index (χ1v) is 5.49. The maximum Gasteiger partial charge on any atom is 0.201 e. The molecule has 0 atom stereocenters. The highest BCUT2D eigenvalue weighted by Crippen LogP contribution is 2.00. The van der Waals surface area contributed by atoms with Crippen LogP contribution in [0.25, 0.3) is 0 Å². The molecular formula is C12H16N2O2. The Hall–Kier alpha value is -1.39. The van der Waals surface area contributed by atoms with Crippen molar-refractivity contribution < 1.29 is 4.74 Å². The Kier molecular flexibility index (Phi) is 3.91. The summed E-state index contributed by atoms with van der Waals surface area (Å²) < 4.78 is 5.26. The van der Waals surface area contributed by atoms with E-state index in [9.17, 15) is 4.79 Å². The Labute approximate surface area is 94.8 Å². The summed E-state index contributed by atoms with van der Waals surface area (Å²) in [6, 6.07) is 8.84. The van der Waals surface area contributed by atoms with Crippen molar-refractivity contribution in [1.82, 2.24) is 4.90 Å². The highest BCUT2D eigenvalue weighted by molar-refractivity contribution is 5.41. The van der Waals surface area contributed by atoms with E-state index in [0.29, 0.717) is 12.4 Å². The van der Waals surface area contributed by atoms with Gasteiger partial charge >= 0.3 is 0 Å². The number of morpholine rings is 1. The van der Waals surface area contributed by atoms with Gasteiger partial charge in [-0.05, 0) is 12.1 Å². The number of rotatable bonds is 3. The van der Waals surface area contributed by atoms with Gasteiger partial charge in [-0.15, -0.1) is 0 Å². The molecule has 0 spiro atoms. The molecule has 0 saturated carbocycles. The molecule has 1 fully saturated rings. The Morgan fingerprint density at radius 2 is 1.94 bits per heavy atom. The standard InChI is InChI=1S/C12H16N2O2/c15-12-5-3-1-2-4-11(12)13-10-14-6-8-16-9-7-14/h1-5H,6-10H2,(H,13,15). The highest BCUT2D eigenvalue weighted by atomic mass is 16.5. The van der Waals surface area contributed by atoms with Crippen molar-refractivity contribution in [2.24, 2.45) is 0 Å². The van der Waals surface area contributed by atoms with Crippen LogP contribution in [0.4, 0.5) is 5.69 Å². The Morgan fingerprint density at radius 3 is 2.75 bits per heavy atom. The fourth-order valence-electron chi connectivity index (χ4n) is 1.63. The summed E-state index contributed by atoms with van der Waals surface area (Å²) >= 11 is 0. The number of ether oxygens (including phenoxy) is 1. The van der Waals surface area contributed by atoms with Gasteiger partial charge in [0, 0.05) is 13.1 Å². The molecule has 0 aromatic heterocycles. The number of anilines is 1. The first-order valence-electron chi connectivity index (χ1n) is 5.49. The lowest BCUT2D eigenvalue weighted by Gasteiger charge is -2.26. The van der Waals surface area contributed by atoms with Crippen LogP contribution >= 0.6 is 0 Å². The molecule has 1 aromatic carbocycles. The molecule has 0 radical (unpaired) electrons. The third-order valence-corrected chi connectivity index (χ3v) is 2.59. The van der Waals surface area contributed by atoms with Crippen molar-refractivity contribution >= 4 is 5.69 Å². The number of hydrogen-bond acceptors (Lipinski definition) is 4. The lowest BCUT2D eigenvalue weighted by Crippen LogP contribution is -2.39. The molecule has 4 nitrogen and oxygen atoms in total. The van der Waals surface area contributed by atoms with E-state index in [0.717, 1.165) is 26.3 Å². The molecule has 86 valence electrons. The predicted molar refractivity (Wildman–Crippen MR) is 63.6 cm³/mol. The maximum atomic E-state index is 11.6. The van der Waals surface area contributed by atoms with Gasteiger partial charge in [0.05, 0.1) is 25.6 Å². The summed E-state index contributed by atoms with van der Waals surface area (Å²) in [5, 5.41) is 3.16. The van der Waals surface area contributed by atoms with Gasteiger partial charge in [-0.25, -0.2) is 0 Å². The van der Waals surface area contributed by atoms with Gasteiger partial charge in [-0.2, -0.15) is 0 Å². The second-order valence-corrected chi connectivity index (χ2v) is 3.75. The largest absolute Gasteiger partial charge is 0.379 e. The molecule has 0 unspecified atom stereocenters. The summed E-state index contributed by atoms with van der Waals surface area (Å²) in [6.07, 6.45) is 0. The molecular weight excluding hydrogens is 204 g/mol. The minimum absolute atomic E-state index is 0.0262. The molecule has 1 aliphatic rings. The Bertz CT molecular complexity index is 389. The van der Waals surface area contributed by atoms with Crippen molar-refractivity contribution in [3.8, 4) is 0 Å². The molecule has 1 aromatic rings. The lowest BCUT2D eigenvalue weighted by atomic mass is 10.4. The minimum Gasteiger partial charge on any atom is -0.379 e. The summed E-state index contributed by atoms with van der Waals surface area (Å²) in [4.78, 5) is 13.8.